The summed E-state index contributed by atoms with van der Waals surface area (Å²) in [5.74, 6) is -3.11. The number of carboxylic acids is 1. The van der Waals surface area contributed by atoms with Crippen LogP contribution in [0.4, 0.5) is 0 Å². The summed E-state index contributed by atoms with van der Waals surface area (Å²) in [4.78, 5) is 88.3. The third-order valence-corrected chi connectivity index (χ3v) is 14.4. The summed E-state index contributed by atoms with van der Waals surface area (Å²) in [6.07, 6.45) is 12.2. The van der Waals surface area contributed by atoms with Gasteiger partial charge in [0.05, 0.1) is 0 Å². The number of carboxylic acid groups (broad SMARTS) is 1. The zero-order valence-corrected chi connectivity index (χ0v) is 37.4. The number of benzene rings is 2. The predicted molar refractivity (Wildman–Crippen MR) is 248 cm³/mol. The van der Waals surface area contributed by atoms with Crippen LogP contribution in [0.1, 0.15) is 131 Å². The fraction of sp³-hybridized carbons (Fsp3) is 0.510. The van der Waals surface area contributed by atoms with E-state index in [-0.39, 0.29) is 59.1 Å². The molecule has 0 spiro atoms. The van der Waals surface area contributed by atoms with Gasteiger partial charge in [0, 0.05) is 44.8 Å². The lowest BCUT2D eigenvalue weighted by molar-refractivity contribution is -0.141. The number of aromatic nitrogens is 2. The first kappa shape index (κ1) is 44.5. The number of amides is 4. The lowest BCUT2D eigenvalue weighted by atomic mass is 9.84. The van der Waals surface area contributed by atoms with Crippen LogP contribution in [-0.2, 0) is 11.3 Å². The summed E-state index contributed by atoms with van der Waals surface area (Å²) < 4.78 is 0. The third kappa shape index (κ3) is 10.4. The molecule has 0 radical (unpaired) electrons. The van der Waals surface area contributed by atoms with Gasteiger partial charge in [-0.2, -0.15) is 0 Å². The first-order valence-electron chi connectivity index (χ1n) is 24.1. The zero-order chi connectivity index (χ0) is 44.9. The quantitative estimate of drug-likeness (QED) is 0.129. The first-order valence-corrected chi connectivity index (χ1v) is 24.1. The maximum atomic E-state index is 14.6. The molecule has 4 amide bonds. The van der Waals surface area contributed by atoms with Gasteiger partial charge in [-0.1, -0.05) is 55.7 Å². The minimum atomic E-state index is -1.12. The van der Waals surface area contributed by atoms with Gasteiger partial charge in [-0.3, -0.25) is 19.2 Å². The summed E-state index contributed by atoms with van der Waals surface area (Å²) in [5, 5.41) is 18.2. The molecule has 6 heterocycles. The minimum Gasteiger partial charge on any atom is -0.480 e. The SMILES string of the molecule is O=C(NCc1ccc2ccccc2c1)c1cc(-c2cc(C(=O)NC(C(=O)O)C3CCCCC3)nc(C(=O)N3CCCC3CN3CCCC3)c2)cc(C(=O)N2CCCC2CN2CCCC2)n1. The van der Waals surface area contributed by atoms with Gasteiger partial charge in [-0.25, -0.2) is 14.8 Å². The Kier molecular flexibility index (Phi) is 13.8. The van der Waals surface area contributed by atoms with Crippen molar-refractivity contribution in [3.8, 4) is 11.1 Å². The van der Waals surface area contributed by atoms with E-state index in [2.05, 4.69) is 25.4 Å². The van der Waals surface area contributed by atoms with Gasteiger partial charge in [-0.05, 0) is 154 Å². The smallest absolute Gasteiger partial charge is 0.326 e. The van der Waals surface area contributed by atoms with E-state index in [1.54, 1.807) is 18.2 Å². The maximum Gasteiger partial charge on any atom is 0.326 e. The second-order valence-corrected chi connectivity index (χ2v) is 18.9. The molecule has 3 unspecified atom stereocenters. The van der Waals surface area contributed by atoms with Crippen molar-refractivity contribution in [3.05, 3.63) is 95.1 Å². The molecular weight excluding hydrogens is 821 g/mol. The van der Waals surface area contributed by atoms with Crippen LogP contribution in [-0.4, -0.2) is 135 Å². The molecular formula is C51H62N8O6. The number of pyridine rings is 2. The second-order valence-electron chi connectivity index (χ2n) is 18.9. The number of nitrogens with zero attached hydrogens (tertiary/aromatic N) is 6. The topological polar surface area (TPSA) is 168 Å². The predicted octanol–water partition coefficient (Wildman–Crippen LogP) is 6.39. The molecule has 65 heavy (non-hydrogen) atoms. The number of nitrogens with one attached hydrogen (secondary N) is 2. The van der Waals surface area contributed by atoms with Crippen LogP contribution in [0.15, 0.2) is 66.7 Å². The summed E-state index contributed by atoms with van der Waals surface area (Å²) in [6, 6.07) is 19.3. The van der Waals surface area contributed by atoms with Gasteiger partial charge in [0.2, 0.25) is 0 Å². The van der Waals surface area contributed by atoms with Crippen LogP contribution in [0.2, 0.25) is 0 Å². The zero-order valence-electron chi connectivity index (χ0n) is 37.4. The average Bonchev–Trinajstić information content (AvgIpc) is 4.20. The van der Waals surface area contributed by atoms with Crippen molar-refractivity contribution in [3.63, 3.8) is 0 Å². The maximum absolute atomic E-state index is 14.6. The van der Waals surface area contributed by atoms with Crippen LogP contribution in [0.3, 0.4) is 0 Å². The van der Waals surface area contributed by atoms with E-state index >= 15 is 0 Å². The normalized spacial score (nSPS) is 21.2. The number of fused-ring (bicyclic) bond motifs is 1. The molecule has 4 aliphatic heterocycles. The largest absolute Gasteiger partial charge is 0.480 e. The van der Waals surface area contributed by atoms with Crippen molar-refractivity contribution in [2.75, 3.05) is 52.4 Å². The molecule has 1 aliphatic carbocycles. The van der Waals surface area contributed by atoms with Gasteiger partial charge in [0.25, 0.3) is 23.6 Å². The van der Waals surface area contributed by atoms with E-state index in [0.717, 1.165) is 126 Å². The van der Waals surface area contributed by atoms with Crippen molar-refractivity contribution in [2.45, 2.75) is 108 Å². The van der Waals surface area contributed by atoms with Gasteiger partial charge >= 0.3 is 5.97 Å². The minimum absolute atomic E-state index is 0.0111. The molecule has 14 heteroatoms. The third-order valence-electron chi connectivity index (χ3n) is 14.4. The van der Waals surface area contributed by atoms with Crippen molar-refractivity contribution >= 4 is 40.4 Å². The Bertz CT molecular complexity index is 2410. The fourth-order valence-electron chi connectivity index (χ4n) is 10.9. The second kappa shape index (κ2) is 20.2. The standard InChI is InChI=1S/C51H62N8O6/c60-47(52-31-34-18-19-35-12-4-5-15-37(35)26-34)42-27-38(29-44(53-42)49(62)58-24-10-16-40(58)32-56-20-6-7-21-56)39-28-43(48(61)55-46(51(64)65)36-13-2-1-3-14-36)54-45(30-39)50(63)59-25-11-17-41(59)33-57-22-8-9-23-57/h4-5,12,15,18-19,26-30,36,40-41,46H,1-3,6-11,13-14,16-17,20-25,31-33H2,(H,52,60)(H,55,61)(H,64,65). The molecule has 3 N–H and O–H groups in total. The van der Waals surface area contributed by atoms with Gasteiger partial charge in [0.15, 0.2) is 0 Å². The number of hydrogen-bond acceptors (Lipinski definition) is 9. The van der Waals surface area contributed by atoms with Crippen LogP contribution in [0.25, 0.3) is 21.9 Å². The van der Waals surface area contributed by atoms with Crippen LogP contribution < -0.4 is 10.6 Å². The van der Waals surface area contributed by atoms with Gasteiger partial charge in [-0.15, -0.1) is 0 Å². The monoisotopic (exact) mass is 882 g/mol. The molecule has 14 nitrogen and oxygen atoms in total. The highest BCUT2D eigenvalue weighted by Crippen LogP contribution is 2.30. The molecule has 5 fully saturated rings. The van der Waals surface area contributed by atoms with Gasteiger partial charge < -0.3 is 35.3 Å². The fourth-order valence-corrected chi connectivity index (χ4v) is 10.9. The molecule has 2 aromatic carbocycles. The van der Waals surface area contributed by atoms with Crippen molar-refractivity contribution in [2.24, 2.45) is 5.92 Å². The van der Waals surface area contributed by atoms with E-state index in [1.165, 1.54) is 6.07 Å². The summed E-state index contributed by atoms with van der Waals surface area (Å²) >= 11 is 0. The van der Waals surface area contributed by atoms with Gasteiger partial charge in [0.1, 0.15) is 28.8 Å². The Labute approximate surface area is 381 Å². The molecule has 2 aromatic heterocycles. The Hall–Kier alpha value is -5.73. The Morgan fingerprint density at radius 1 is 0.569 bits per heavy atom. The first-order chi connectivity index (χ1) is 31.7. The van der Waals surface area contributed by atoms with E-state index in [9.17, 15) is 29.1 Å². The summed E-state index contributed by atoms with van der Waals surface area (Å²) in [5.41, 5.74) is 1.75. The number of carbonyl (C=O) groups is 5. The molecule has 9 rings (SSSR count). The van der Waals surface area contributed by atoms with E-state index < -0.39 is 23.8 Å². The van der Waals surface area contributed by atoms with Crippen LogP contribution in [0.5, 0.6) is 0 Å². The number of aliphatic carboxylic acids is 1. The highest BCUT2D eigenvalue weighted by Gasteiger charge is 2.36. The number of likely N-dealkylation sites (tertiary alicyclic amines) is 4. The molecule has 5 aliphatic rings. The van der Waals surface area contributed by atoms with Crippen molar-refractivity contribution in [1.82, 2.24) is 40.2 Å². The Balaban J connectivity index is 1.08. The van der Waals surface area contributed by atoms with Crippen LogP contribution >= 0.6 is 0 Å². The highest BCUT2D eigenvalue weighted by molar-refractivity contribution is 6.01. The lowest BCUT2D eigenvalue weighted by Crippen LogP contribution is -2.47. The number of hydrogen-bond donors (Lipinski definition) is 3. The molecule has 1 saturated carbocycles. The number of carbonyl (C=O) groups excluding carboxylic acids is 4. The molecule has 4 saturated heterocycles. The Morgan fingerprint density at radius 2 is 1.09 bits per heavy atom. The highest BCUT2D eigenvalue weighted by atomic mass is 16.4. The summed E-state index contributed by atoms with van der Waals surface area (Å²) in [6.45, 7) is 6.92. The summed E-state index contributed by atoms with van der Waals surface area (Å²) in [7, 11) is 0. The van der Waals surface area contributed by atoms with E-state index in [4.69, 9.17) is 4.98 Å². The lowest BCUT2D eigenvalue weighted by Gasteiger charge is -2.29. The van der Waals surface area contributed by atoms with Crippen molar-refractivity contribution < 1.29 is 29.1 Å². The van der Waals surface area contributed by atoms with Crippen LogP contribution in [0, 0.1) is 5.92 Å². The number of rotatable bonds is 14. The van der Waals surface area contributed by atoms with Crippen molar-refractivity contribution in [1.29, 1.82) is 0 Å². The van der Waals surface area contributed by atoms with E-state index in [0.29, 0.717) is 37.1 Å². The molecule has 342 valence electrons. The molecule has 0 bridgehead atoms. The molecule has 3 atom stereocenters. The average molecular weight is 883 g/mol. The Morgan fingerprint density at radius 3 is 1.65 bits per heavy atom. The van der Waals surface area contributed by atoms with E-state index in [1.807, 2.05) is 52.3 Å². The molecule has 4 aromatic rings.